The van der Waals surface area contributed by atoms with Gasteiger partial charge in [0.25, 0.3) is 0 Å². The SMILES string of the molecule is CN(C)C(=O)CCNC(=O)Nc1ccc(C(=O)O)cc1Br. The van der Waals surface area contributed by atoms with Gasteiger partial charge in [-0.15, -0.1) is 0 Å². The van der Waals surface area contributed by atoms with Crippen LogP contribution in [0.3, 0.4) is 0 Å². The van der Waals surface area contributed by atoms with Crippen LogP contribution in [0.1, 0.15) is 16.8 Å². The average molecular weight is 358 g/mol. The van der Waals surface area contributed by atoms with Crippen molar-refractivity contribution in [2.75, 3.05) is 26.0 Å². The summed E-state index contributed by atoms with van der Waals surface area (Å²) in [5.74, 6) is -1.13. The zero-order chi connectivity index (χ0) is 16.0. The van der Waals surface area contributed by atoms with Crippen LogP contribution in [0.4, 0.5) is 10.5 Å². The van der Waals surface area contributed by atoms with E-state index >= 15 is 0 Å². The van der Waals surface area contributed by atoms with E-state index in [2.05, 4.69) is 26.6 Å². The summed E-state index contributed by atoms with van der Waals surface area (Å²) in [6, 6.07) is 3.80. The molecule has 0 heterocycles. The molecule has 3 N–H and O–H groups in total. The third-order valence-corrected chi connectivity index (χ3v) is 3.24. The van der Waals surface area contributed by atoms with E-state index in [0.29, 0.717) is 10.2 Å². The maximum atomic E-state index is 11.7. The van der Waals surface area contributed by atoms with Crippen LogP contribution in [0.25, 0.3) is 0 Å². The molecule has 1 aromatic carbocycles. The number of carboxylic acid groups (broad SMARTS) is 1. The van der Waals surface area contributed by atoms with Crippen LogP contribution in [0.2, 0.25) is 0 Å². The van der Waals surface area contributed by atoms with Crippen molar-refractivity contribution in [3.8, 4) is 0 Å². The molecule has 0 unspecified atom stereocenters. The smallest absolute Gasteiger partial charge is 0.335 e. The Morgan fingerprint density at radius 2 is 1.95 bits per heavy atom. The third-order valence-electron chi connectivity index (χ3n) is 2.59. The molecular weight excluding hydrogens is 342 g/mol. The Labute approximate surface area is 130 Å². The van der Waals surface area contributed by atoms with Crippen molar-refractivity contribution in [2.45, 2.75) is 6.42 Å². The second-order valence-corrected chi connectivity index (χ2v) is 5.27. The van der Waals surface area contributed by atoms with E-state index < -0.39 is 12.0 Å². The largest absolute Gasteiger partial charge is 0.478 e. The van der Waals surface area contributed by atoms with E-state index in [1.54, 1.807) is 14.1 Å². The fourth-order valence-electron chi connectivity index (χ4n) is 1.42. The quantitative estimate of drug-likeness (QED) is 0.747. The Morgan fingerprint density at radius 3 is 2.48 bits per heavy atom. The van der Waals surface area contributed by atoms with Gasteiger partial charge < -0.3 is 20.6 Å². The van der Waals surface area contributed by atoms with E-state index in [1.165, 1.54) is 23.1 Å². The van der Waals surface area contributed by atoms with Gasteiger partial charge in [-0.05, 0) is 34.1 Å². The van der Waals surface area contributed by atoms with Crippen LogP contribution in [0.15, 0.2) is 22.7 Å². The predicted octanol–water partition coefficient (Wildman–Crippen LogP) is 1.75. The van der Waals surface area contributed by atoms with E-state index in [9.17, 15) is 14.4 Å². The molecule has 0 radical (unpaired) electrons. The summed E-state index contributed by atoms with van der Waals surface area (Å²) in [4.78, 5) is 35.2. The van der Waals surface area contributed by atoms with Gasteiger partial charge in [0.1, 0.15) is 0 Å². The molecular formula is C13H16BrN3O4. The van der Waals surface area contributed by atoms with Gasteiger partial charge >= 0.3 is 12.0 Å². The molecule has 0 atom stereocenters. The lowest BCUT2D eigenvalue weighted by molar-refractivity contribution is -0.128. The molecule has 0 bridgehead atoms. The highest BCUT2D eigenvalue weighted by Gasteiger charge is 2.10. The number of benzene rings is 1. The first kappa shape index (κ1) is 17.0. The Kier molecular flexibility index (Phi) is 6.16. The number of nitrogens with one attached hydrogen (secondary N) is 2. The minimum atomic E-state index is -1.05. The monoisotopic (exact) mass is 357 g/mol. The molecule has 0 saturated heterocycles. The van der Waals surface area contributed by atoms with Crippen LogP contribution in [-0.4, -0.2) is 48.6 Å². The van der Waals surface area contributed by atoms with Gasteiger partial charge in [-0.1, -0.05) is 0 Å². The molecule has 8 heteroatoms. The molecule has 1 rings (SSSR count). The first-order valence-electron chi connectivity index (χ1n) is 6.09. The van der Waals surface area contributed by atoms with E-state index in [4.69, 9.17) is 5.11 Å². The number of amides is 3. The zero-order valence-electron chi connectivity index (χ0n) is 11.6. The number of anilines is 1. The van der Waals surface area contributed by atoms with Gasteiger partial charge in [0.05, 0.1) is 11.3 Å². The van der Waals surface area contributed by atoms with Gasteiger partial charge in [-0.2, -0.15) is 0 Å². The van der Waals surface area contributed by atoms with Crippen molar-refractivity contribution in [3.63, 3.8) is 0 Å². The second kappa shape index (κ2) is 7.63. The van der Waals surface area contributed by atoms with Crippen molar-refractivity contribution in [1.82, 2.24) is 10.2 Å². The van der Waals surface area contributed by atoms with Gasteiger partial charge in [0.2, 0.25) is 5.91 Å². The minimum Gasteiger partial charge on any atom is -0.478 e. The number of hydrogen-bond donors (Lipinski definition) is 3. The Hall–Kier alpha value is -2.09. The third kappa shape index (κ3) is 5.42. The van der Waals surface area contributed by atoms with Gasteiger partial charge in [0, 0.05) is 31.5 Å². The lowest BCUT2D eigenvalue weighted by Crippen LogP contribution is -2.33. The summed E-state index contributed by atoms with van der Waals surface area (Å²) in [5, 5.41) is 13.9. The number of urea groups is 1. The summed E-state index contributed by atoms with van der Waals surface area (Å²) >= 11 is 3.19. The van der Waals surface area contributed by atoms with Crippen molar-refractivity contribution in [3.05, 3.63) is 28.2 Å². The van der Waals surface area contributed by atoms with E-state index in [0.717, 1.165) is 0 Å². The Morgan fingerprint density at radius 1 is 1.29 bits per heavy atom. The standard InChI is InChI=1S/C13H16BrN3O4/c1-17(2)11(18)5-6-15-13(21)16-10-4-3-8(12(19)20)7-9(10)14/h3-4,7H,5-6H2,1-2H3,(H,19,20)(H2,15,16,21). The maximum absolute atomic E-state index is 11.7. The number of halogens is 1. The molecule has 0 fully saturated rings. The zero-order valence-corrected chi connectivity index (χ0v) is 13.2. The highest BCUT2D eigenvalue weighted by molar-refractivity contribution is 9.10. The lowest BCUT2D eigenvalue weighted by Gasteiger charge is -2.12. The molecule has 21 heavy (non-hydrogen) atoms. The number of rotatable bonds is 5. The fraction of sp³-hybridized carbons (Fsp3) is 0.308. The first-order valence-corrected chi connectivity index (χ1v) is 6.88. The molecule has 114 valence electrons. The molecule has 3 amide bonds. The summed E-state index contributed by atoms with van der Waals surface area (Å²) in [6.45, 7) is 0.216. The Balaban J connectivity index is 2.52. The highest BCUT2D eigenvalue weighted by atomic mass is 79.9. The molecule has 0 aliphatic rings. The van der Waals surface area contributed by atoms with Crippen molar-refractivity contribution < 1.29 is 19.5 Å². The van der Waals surface area contributed by atoms with Crippen LogP contribution >= 0.6 is 15.9 Å². The Bertz CT molecular complexity index is 560. The van der Waals surface area contributed by atoms with E-state index in [1.807, 2.05) is 0 Å². The first-order chi connectivity index (χ1) is 9.81. The lowest BCUT2D eigenvalue weighted by atomic mass is 10.2. The van der Waals surface area contributed by atoms with Gasteiger partial charge in [0.15, 0.2) is 0 Å². The summed E-state index contributed by atoms with van der Waals surface area (Å²) in [6.07, 6.45) is 0.208. The van der Waals surface area contributed by atoms with Crippen LogP contribution in [0, 0.1) is 0 Å². The van der Waals surface area contributed by atoms with Crippen molar-refractivity contribution >= 4 is 39.5 Å². The van der Waals surface area contributed by atoms with Crippen molar-refractivity contribution in [1.29, 1.82) is 0 Å². The number of carbonyl (C=O) groups excluding carboxylic acids is 2. The van der Waals surface area contributed by atoms with Crippen LogP contribution < -0.4 is 10.6 Å². The molecule has 0 aromatic heterocycles. The fourth-order valence-corrected chi connectivity index (χ4v) is 1.90. The molecule has 0 aliphatic carbocycles. The molecule has 7 nitrogen and oxygen atoms in total. The molecule has 1 aromatic rings. The average Bonchev–Trinajstić information content (AvgIpc) is 2.40. The number of nitrogens with zero attached hydrogens (tertiary/aromatic N) is 1. The van der Waals surface area contributed by atoms with Crippen LogP contribution in [0.5, 0.6) is 0 Å². The number of aromatic carboxylic acids is 1. The maximum Gasteiger partial charge on any atom is 0.335 e. The minimum absolute atomic E-state index is 0.0812. The summed E-state index contributed by atoms with van der Waals surface area (Å²) in [5.41, 5.74) is 0.556. The number of carboxylic acids is 1. The number of hydrogen-bond acceptors (Lipinski definition) is 3. The normalized spacial score (nSPS) is 9.86. The second-order valence-electron chi connectivity index (χ2n) is 4.42. The molecule has 0 spiro atoms. The number of carbonyl (C=O) groups is 3. The molecule has 0 saturated carbocycles. The van der Waals surface area contributed by atoms with Crippen LogP contribution in [-0.2, 0) is 4.79 Å². The van der Waals surface area contributed by atoms with Gasteiger partial charge in [-0.3, -0.25) is 4.79 Å². The predicted molar refractivity (Wildman–Crippen MR) is 81.4 cm³/mol. The highest BCUT2D eigenvalue weighted by Crippen LogP contribution is 2.23. The van der Waals surface area contributed by atoms with Crippen molar-refractivity contribution in [2.24, 2.45) is 0 Å². The van der Waals surface area contributed by atoms with E-state index in [-0.39, 0.29) is 24.4 Å². The summed E-state index contributed by atoms with van der Waals surface area (Å²) in [7, 11) is 3.28. The molecule has 0 aliphatic heterocycles. The van der Waals surface area contributed by atoms with Gasteiger partial charge in [-0.25, -0.2) is 9.59 Å². The topological polar surface area (TPSA) is 98.7 Å². The summed E-state index contributed by atoms with van der Waals surface area (Å²) < 4.78 is 0.460.